The van der Waals surface area contributed by atoms with E-state index in [4.69, 9.17) is 0 Å². The first-order valence-electron chi connectivity index (χ1n) is 7.86. The van der Waals surface area contributed by atoms with Crippen LogP contribution in [0.4, 0.5) is 5.82 Å². The minimum absolute atomic E-state index is 0.107. The van der Waals surface area contributed by atoms with E-state index in [-0.39, 0.29) is 11.9 Å². The lowest BCUT2D eigenvalue weighted by atomic mass is 10.2. The minimum Gasteiger partial charge on any atom is -0.369 e. The summed E-state index contributed by atoms with van der Waals surface area (Å²) >= 11 is 0. The van der Waals surface area contributed by atoms with Gasteiger partial charge in [0.05, 0.1) is 6.04 Å². The van der Waals surface area contributed by atoms with Gasteiger partial charge in [0.2, 0.25) is 5.91 Å². The molecule has 21 heavy (non-hydrogen) atoms. The molecule has 0 saturated heterocycles. The number of nitrogens with one attached hydrogen (secondary N) is 3. The predicted molar refractivity (Wildman–Crippen MR) is 85.3 cm³/mol. The molecule has 1 fully saturated rings. The average Bonchev–Trinajstić information content (AvgIpc) is 2.98. The second-order valence-electron chi connectivity index (χ2n) is 5.76. The molecule has 1 amide bonds. The van der Waals surface area contributed by atoms with Gasteiger partial charge in [-0.15, -0.1) is 0 Å². The number of hydrogen-bond acceptors (Lipinski definition) is 4. The summed E-state index contributed by atoms with van der Waals surface area (Å²) in [5, 5.41) is 9.63. The molecule has 1 atom stereocenters. The third kappa shape index (κ3) is 5.01. The van der Waals surface area contributed by atoms with Crippen molar-refractivity contribution < 1.29 is 4.79 Å². The molecule has 1 aromatic rings. The molecular formula is C16H26N4O. The van der Waals surface area contributed by atoms with Crippen LogP contribution in [0.25, 0.3) is 0 Å². The molecule has 1 aromatic heterocycles. The molecular weight excluding hydrogens is 264 g/mol. The molecule has 2 rings (SSSR count). The summed E-state index contributed by atoms with van der Waals surface area (Å²) in [5.74, 6) is 1.01. The van der Waals surface area contributed by atoms with Crippen LogP contribution in [0, 0.1) is 6.92 Å². The number of carbonyl (C=O) groups is 1. The van der Waals surface area contributed by atoms with E-state index >= 15 is 0 Å². The molecule has 5 heteroatoms. The van der Waals surface area contributed by atoms with Crippen LogP contribution in [-0.4, -0.2) is 36.1 Å². The quantitative estimate of drug-likeness (QED) is 0.670. The van der Waals surface area contributed by atoms with Gasteiger partial charge in [0.1, 0.15) is 5.82 Å². The van der Waals surface area contributed by atoms with Crippen molar-refractivity contribution in [3.8, 4) is 0 Å². The highest BCUT2D eigenvalue weighted by Crippen LogP contribution is 2.17. The summed E-state index contributed by atoms with van der Waals surface area (Å²) in [6, 6.07) is 4.18. The Bertz CT molecular complexity index is 457. The molecule has 1 saturated carbocycles. The Hall–Kier alpha value is -1.62. The highest BCUT2D eigenvalue weighted by atomic mass is 16.2. The van der Waals surface area contributed by atoms with Crippen molar-refractivity contribution in [2.45, 2.75) is 51.6 Å². The number of nitrogens with zero attached hydrogens (tertiary/aromatic N) is 1. The van der Waals surface area contributed by atoms with E-state index < -0.39 is 0 Å². The Morgan fingerprint density at radius 1 is 1.38 bits per heavy atom. The van der Waals surface area contributed by atoms with E-state index in [1.807, 2.05) is 26.0 Å². The highest BCUT2D eigenvalue weighted by molar-refractivity contribution is 5.81. The number of hydrogen-bond donors (Lipinski definition) is 3. The summed E-state index contributed by atoms with van der Waals surface area (Å²) in [4.78, 5) is 16.3. The minimum atomic E-state index is -0.155. The Morgan fingerprint density at radius 2 is 2.14 bits per heavy atom. The van der Waals surface area contributed by atoms with Crippen LogP contribution in [0.2, 0.25) is 0 Å². The number of aryl methyl sites for hydroxylation is 1. The number of carbonyl (C=O) groups excluding carboxylic acids is 1. The second kappa shape index (κ2) is 7.98. The zero-order valence-corrected chi connectivity index (χ0v) is 13.0. The van der Waals surface area contributed by atoms with Gasteiger partial charge in [0.25, 0.3) is 0 Å². The molecule has 0 spiro atoms. The van der Waals surface area contributed by atoms with Gasteiger partial charge < -0.3 is 16.0 Å². The fourth-order valence-electron chi connectivity index (χ4n) is 2.63. The zero-order chi connectivity index (χ0) is 15.1. The Labute approximate surface area is 126 Å². The van der Waals surface area contributed by atoms with Gasteiger partial charge in [-0.25, -0.2) is 4.98 Å². The topological polar surface area (TPSA) is 66.0 Å². The molecule has 0 radical (unpaired) electrons. The van der Waals surface area contributed by atoms with Crippen LogP contribution in [0.1, 0.15) is 38.2 Å². The standard InChI is InChI=1S/C16H26N4O/c1-12-6-5-9-18-15(12)19-11-10-17-13(2)16(21)20-14-7-3-4-8-14/h5-6,9,13-14,17H,3-4,7-8,10-11H2,1-2H3,(H,18,19)(H,20,21)/t13-/m0/s1. The first-order chi connectivity index (χ1) is 10.2. The molecule has 116 valence electrons. The maximum absolute atomic E-state index is 12.0. The van der Waals surface area contributed by atoms with Gasteiger partial charge in [0, 0.05) is 25.3 Å². The summed E-state index contributed by atoms with van der Waals surface area (Å²) < 4.78 is 0. The first kappa shape index (κ1) is 15.8. The number of aromatic nitrogens is 1. The molecule has 3 N–H and O–H groups in total. The van der Waals surface area contributed by atoms with Gasteiger partial charge in [-0.2, -0.15) is 0 Å². The lowest BCUT2D eigenvalue weighted by Gasteiger charge is -2.18. The number of anilines is 1. The van der Waals surface area contributed by atoms with Crippen molar-refractivity contribution >= 4 is 11.7 Å². The second-order valence-corrected chi connectivity index (χ2v) is 5.76. The van der Waals surface area contributed by atoms with Crippen molar-refractivity contribution in [3.63, 3.8) is 0 Å². The molecule has 0 unspecified atom stereocenters. The summed E-state index contributed by atoms with van der Waals surface area (Å²) in [6.45, 7) is 5.42. The summed E-state index contributed by atoms with van der Waals surface area (Å²) in [7, 11) is 0. The average molecular weight is 290 g/mol. The van der Waals surface area contributed by atoms with E-state index in [0.717, 1.165) is 37.3 Å². The van der Waals surface area contributed by atoms with Gasteiger partial charge in [-0.3, -0.25) is 4.79 Å². The van der Waals surface area contributed by atoms with Crippen molar-refractivity contribution in [2.24, 2.45) is 0 Å². The molecule has 1 heterocycles. The fraction of sp³-hybridized carbons (Fsp3) is 0.625. The normalized spacial score (nSPS) is 16.7. The maximum Gasteiger partial charge on any atom is 0.237 e. The smallest absolute Gasteiger partial charge is 0.237 e. The summed E-state index contributed by atoms with van der Waals surface area (Å²) in [6.07, 6.45) is 6.50. The SMILES string of the molecule is Cc1cccnc1NCCN[C@@H](C)C(=O)NC1CCCC1. The Kier molecular flexibility index (Phi) is 5.99. The van der Waals surface area contributed by atoms with Gasteiger partial charge in [0.15, 0.2) is 0 Å². The van der Waals surface area contributed by atoms with Gasteiger partial charge >= 0.3 is 0 Å². The first-order valence-corrected chi connectivity index (χ1v) is 7.86. The van der Waals surface area contributed by atoms with Crippen molar-refractivity contribution in [3.05, 3.63) is 23.9 Å². The third-order valence-electron chi connectivity index (χ3n) is 3.97. The fourth-order valence-corrected chi connectivity index (χ4v) is 2.63. The van der Waals surface area contributed by atoms with Crippen LogP contribution in [-0.2, 0) is 4.79 Å². The molecule has 0 bridgehead atoms. The third-order valence-corrected chi connectivity index (χ3v) is 3.97. The molecule has 1 aliphatic carbocycles. The van der Waals surface area contributed by atoms with Crippen LogP contribution in [0.5, 0.6) is 0 Å². The Morgan fingerprint density at radius 3 is 2.86 bits per heavy atom. The van der Waals surface area contributed by atoms with E-state index in [1.165, 1.54) is 12.8 Å². The number of rotatable bonds is 7. The van der Waals surface area contributed by atoms with E-state index in [2.05, 4.69) is 20.9 Å². The number of amides is 1. The molecule has 1 aliphatic rings. The van der Waals surface area contributed by atoms with Crippen LogP contribution in [0.3, 0.4) is 0 Å². The molecule has 0 aromatic carbocycles. The van der Waals surface area contributed by atoms with Crippen LogP contribution < -0.4 is 16.0 Å². The van der Waals surface area contributed by atoms with Crippen molar-refractivity contribution in [1.82, 2.24) is 15.6 Å². The van der Waals surface area contributed by atoms with Crippen molar-refractivity contribution in [1.29, 1.82) is 0 Å². The highest BCUT2D eigenvalue weighted by Gasteiger charge is 2.19. The monoisotopic (exact) mass is 290 g/mol. The largest absolute Gasteiger partial charge is 0.369 e. The van der Waals surface area contributed by atoms with E-state index in [9.17, 15) is 4.79 Å². The van der Waals surface area contributed by atoms with E-state index in [1.54, 1.807) is 6.20 Å². The van der Waals surface area contributed by atoms with Crippen LogP contribution in [0.15, 0.2) is 18.3 Å². The van der Waals surface area contributed by atoms with Gasteiger partial charge in [-0.05, 0) is 38.3 Å². The van der Waals surface area contributed by atoms with Gasteiger partial charge in [-0.1, -0.05) is 18.9 Å². The lowest BCUT2D eigenvalue weighted by molar-refractivity contribution is -0.123. The van der Waals surface area contributed by atoms with Crippen molar-refractivity contribution in [2.75, 3.05) is 18.4 Å². The van der Waals surface area contributed by atoms with E-state index in [0.29, 0.717) is 6.04 Å². The zero-order valence-electron chi connectivity index (χ0n) is 13.0. The lowest BCUT2D eigenvalue weighted by Crippen LogP contribution is -2.46. The maximum atomic E-state index is 12.0. The van der Waals surface area contributed by atoms with Crippen LogP contribution >= 0.6 is 0 Å². The summed E-state index contributed by atoms with van der Waals surface area (Å²) in [5.41, 5.74) is 1.13. The predicted octanol–water partition coefficient (Wildman–Crippen LogP) is 1.84. The number of pyridine rings is 1. The Balaban J connectivity index is 1.63. The molecule has 0 aliphatic heterocycles. The molecule has 5 nitrogen and oxygen atoms in total.